The van der Waals surface area contributed by atoms with E-state index in [1.165, 1.54) is 38.5 Å². The zero-order valence-electron chi connectivity index (χ0n) is 9.06. The van der Waals surface area contributed by atoms with Crippen molar-refractivity contribution in [3.63, 3.8) is 0 Å². The molecule has 2 rings (SSSR count). The summed E-state index contributed by atoms with van der Waals surface area (Å²) < 4.78 is 1.96. The Morgan fingerprint density at radius 2 is 2.20 bits per heavy atom. The van der Waals surface area contributed by atoms with E-state index in [1.54, 1.807) is 12.5 Å². The fourth-order valence-electron chi connectivity index (χ4n) is 2.41. The van der Waals surface area contributed by atoms with Crippen LogP contribution in [0, 0.1) is 5.92 Å². The highest BCUT2D eigenvalue weighted by Gasteiger charge is 2.13. The first kappa shape index (κ1) is 10.4. The second-order valence-electron chi connectivity index (χ2n) is 4.42. The second-order valence-corrected chi connectivity index (χ2v) is 4.42. The Hall–Kier alpha value is -1.12. The van der Waals surface area contributed by atoms with Crippen molar-refractivity contribution >= 4 is 6.29 Å². The van der Waals surface area contributed by atoms with E-state index in [1.807, 2.05) is 4.57 Å². The minimum atomic E-state index is 0.700. The van der Waals surface area contributed by atoms with Gasteiger partial charge in [0.1, 0.15) is 5.69 Å². The van der Waals surface area contributed by atoms with Crippen LogP contribution in [-0.4, -0.2) is 15.8 Å². The molecule has 1 heterocycles. The van der Waals surface area contributed by atoms with Gasteiger partial charge in [0.15, 0.2) is 6.29 Å². The number of nitrogens with zero attached hydrogens (tertiary/aromatic N) is 2. The lowest BCUT2D eigenvalue weighted by Gasteiger charge is -2.21. The number of carbonyl (C=O) groups excluding carboxylic acids is 1. The van der Waals surface area contributed by atoms with Crippen LogP contribution in [0.2, 0.25) is 0 Å². The predicted octanol–water partition coefficient (Wildman–Crippen LogP) is 2.67. The van der Waals surface area contributed by atoms with Crippen LogP contribution in [0.15, 0.2) is 12.5 Å². The molecular weight excluding hydrogens is 188 g/mol. The molecule has 15 heavy (non-hydrogen) atoms. The van der Waals surface area contributed by atoms with E-state index >= 15 is 0 Å². The molecule has 0 unspecified atom stereocenters. The monoisotopic (exact) mass is 206 g/mol. The Labute approximate surface area is 90.5 Å². The van der Waals surface area contributed by atoms with Crippen molar-refractivity contribution < 1.29 is 4.79 Å². The summed E-state index contributed by atoms with van der Waals surface area (Å²) in [4.78, 5) is 14.7. The van der Waals surface area contributed by atoms with Gasteiger partial charge in [0, 0.05) is 6.54 Å². The van der Waals surface area contributed by atoms with Gasteiger partial charge in [-0.25, -0.2) is 4.98 Å². The molecule has 0 aromatic carbocycles. The lowest BCUT2D eigenvalue weighted by atomic mass is 9.87. The van der Waals surface area contributed by atoms with Crippen molar-refractivity contribution in [2.75, 3.05) is 0 Å². The molecular formula is C12H18N2O. The first-order valence-electron chi connectivity index (χ1n) is 5.85. The maximum atomic E-state index is 10.7. The lowest BCUT2D eigenvalue weighted by molar-refractivity contribution is 0.111. The third-order valence-corrected chi connectivity index (χ3v) is 3.37. The largest absolute Gasteiger partial charge is 0.328 e. The Bertz CT molecular complexity index is 313. The molecule has 1 fully saturated rings. The molecule has 3 nitrogen and oxygen atoms in total. The van der Waals surface area contributed by atoms with Crippen LogP contribution in [-0.2, 0) is 6.54 Å². The smallest absolute Gasteiger partial charge is 0.168 e. The minimum absolute atomic E-state index is 0.700. The van der Waals surface area contributed by atoms with Gasteiger partial charge >= 0.3 is 0 Å². The van der Waals surface area contributed by atoms with Crippen LogP contribution >= 0.6 is 0 Å². The predicted molar refractivity (Wildman–Crippen MR) is 58.8 cm³/mol. The molecule has 0 radical (unpaired) electrons. The van der Waals surface area contributed by atoms with Gasteiger partial charge < -0.3 is 4.57 Å². The Kier molecular flexibility index (Phi) is 3.54. The highest BCUT2D eigenvalue weighted by atomic mass is 16.1. The molecule has 0 amide bonds. The van der Waals surface area contributed by atoms with E-state index in [0.717, 1.165) is 18.7 Å². The lowest BCUT2D eigenvalue weighted by Crippen LogP contribution is -2.10. The topological polar surface area (TPSA) is 34.9 Å². The molecule has 0 saturated heterocycles. The Balaban J connectivity index is 1.84. The molecule has 0 bridgehead atoms. The van der Waals surface area contributed by atoms with Crippen LogP contribution in [0.25, 0.3) is 0 Å². The molecule has 1 aliphatic rings. The average Bonchev–Trinajstić information content (AvgIpc) is 2.75. The molecule has 1 aromatic heterocycles. The zero-order valence-corrected chi connectivity index (χ0v) is 9.06. The molecule has 0 N–H and O–H groups in total. The van der Waals surface area contributed by atoms with E-state index in [4.69, 9.17) is 0 Å². The zero-order chi connectivity index (χ0) is 10.5. The van der Waals surface area contributed by atoms with Crippen molar-refractivity contribution in [3.05, 3.63) is 18.2 Å². The first-order valence-corrected chi connectivity index (χ1v) is 5.85. The fraction of sp³-hybridized carbons (Fsp3) is 0.667. The SMILES string of the molecule is O=Cc1cncn1CCC1CCCCC1. The van der Waals surface area contributed by atoms with Crippen molar-refractivity contribution in [1.29, 1.82) is 0 Å². The van der Waals surface area contributed by atoms with E-state index in [0.29, 0.717) is 5.69 Å². The first-order chi connectivity index (χ1) is 7.40. The number of aromatic nitrogens is 2. The van der Waals surface area contributed by atoms with E-state index in [9.17, 15) is 4.79 Å². The average molecular weight is 206 g/mol. The summed E-state index contributed by atoms with van der Waals surface area (Å²) in [6, 6.07) is 0. The molecule has 3 heteroatoms. The van der Waals surface area contributed by atoms with Crippen molar-refractivity contribution in [1.82, 2.24) is 9.55 Å². The van der Waals surface area contributed by atoms with Crippen LogP contribution in [0.4, 0.5) is 0 Å². The van der Waals surface area contributed by atoms with Crippen LogP contribution in [0.1, 0.15) is 49.0 Å². The Morgan fingerprint density at radius 1 is 1.40 bits per heavy atom. The van der Waals surface area contributed by atoms with E-state index in [-0.39, 0.29) is 0 Å². The third-order valence-electron chi connectivity index (χ3n) is 3.37. The van der Waals surface area contributed by atoms with E-state index in [2.05, 4.69) is 4.98 Å². The summed E-state index contributed by atoms with van der Waals surface area (Å²) in [5.74, 6) is 0.862. The van der Waals surface area contributed by atoms with Gasteiger partial charge in [-0.05, 0) is 12.3 Å². The quantitative estimate of drug-likeness (QED) is 0.710. The molecule has 82 valence electrons. The molecule has 0 aliphatic heterocycles. The number of hydrogen-bond donors (Lipinski definition) is 0. The van der Waals surface area contributed by atoms with Crippen molar-refractivity contribution in [3.8, 4) is 0 Å². The van der Waals surface area contributed by atoms with Gasteiger partial charge in [0.25, 0.3) is 0 Å². The summed E-state index contributed by atoms with van der Waals surface area (Å²) in [7, 11) is 0. The summed E-state index contributed by atoms with van der Waals surface area (Å²) >= 11 is 0. The van der Waals surface area contributed by atoms with Crippen LogP contribution < -0.4 is 0 Å². The number of carbonyl (C=O) groups is 1. The van der Waals surface area contributed by atoms with Crippen molar-refractivity contribution in [2.24, 2.45) is 5.92 Å². The van der Waals surface area contributed by atoms with Gasteiger partial charge in [-0.2, -0.15) is 0 Å². The van der Waals surface area contributed by atoms with Crippen LogP contribution in [0.3, 0.4) is 0 Å². The van der Waals surface area contributed by atoms with E-state index < -0.39 is 0 Å². The molecule has 0 spiro atoms. The normalized spacial score (nSPS) is 17.9. The minimum Gasteiger partial charge on any atom is -0.328 e. The highest BCUT2D eigenvalue weighted by molar-refractivity contribution is 5.71. The Morgan fingerprint density at radius 3 is 2.93 bits per heavy atom. The van der Waals surface area contributed by atoms with Crippen LogP contribution in [0.5, 0.6) is 0 Å². The van der Waals surface area contributed by atoms with Gasteiger partial charge in [-0.1, -0.05) is 32.1 Å². The fourth-order valence-corrected chi connectivity index (χ4v) is 2.41. The third kappa shape index (κ3) is 2.67. The van der Waals surface area contributed by atoms with Gasteiger partial charge in [0.05, 0.1) is 12.5 Å². The molecule has 0 atom stereocenters. The molecule has 1 saturated carbocycles. The summed E-state index contributed by atoms with van der Waals surface area (Å²) in [6.45, 7) is 0.943. The molecule has 1 aliphatic carbocycles. The number of hydrogen-bond acceptors (Lipinski definition) is 2. The van der Waals surface area contributed by atoms with Gasteiger partial charge in [-0.15, -0.1) is 0 Å². The van der Waals surface area contributed by atoms with Crippen molar-refractivity contribution in [2.45, 2.75) is 45.1 Å². The number of rotatable bonds is 4. The summed E-state index contributed by atoms with van der Waals surface area (Å²) in [5.41, 5.74) is 0.700. The molecule has 1 aromatic rings. The summed E-state index contributed by atoms with van der Waals surface area (Å²) in [5, 5.41) is 0. The van der Waals surface area contributed by atoms with Gasteiger partial charge in [-0.3, -0.25) is 4.79 Å². The maximum Gasteiger partial charge on any atom is 0.168 e. The number of aldehydes is 1. The summed E-state index contributed by atoms with van der Waals surface area (Å²) in [6.07, 6.45) is 12.4. The standard InChI is InChI=1S/C12H18N2O/c15-9-12-8-13-10-14(12)7-6-11-4-2-1-3-5-11/h8-11H,1-7H2. The van der Waals surface area contributed by atoms with Gasteiger partial charge in [0.2, 0.25) is 0 Å². The number of aryl methyl sites for hydroxylation is 1. The second kappa shape index (κ2) is 5.10. The highest BCUT2D eigenvalue weighted by Crippen LogP contribution is 2.26. The maximum absolute atomic E-state index is 10.7. The number of imidazole rings is 1.